The van der Waals surface area contributed by atoms with Gasteiger partial charge in [-0.25, -0.2) is 0 Å². The molecule has 0 aromatic rings. The molecule has 2 atom stereocenters. The van der Waals surface area contributed by atoms with Crippen LogP contribution in [0.2, 0.25) is 0 Å². The maximum absolute atomic E-state index is 13.3. The van der Waals surface area contributed by atoms with Crippen LogP contribution in [0.4, 0.5) is 0 Å². The third-order valence-corrected chi connectivity index (χ3v) is 9.21. The summed E-state index contributed by atoms with van der Waals surface area (Å²) in [6.07, 6.45) is 17.8. The fourth-order valence-corrected chi connectivity index (χ4v) is 6.22. The molecule has 2 unspecified atom stereocenters. The first-order valence-corrected chi connectivity index (χ1v) is 20.5. The monoisotopic (exact) mass is 739 g/mol. The van der Waals surface area contributed by atoms with E-state index in [4.69, 9.17) is 14.2 Å². The summed E-state index contributed by atoms with van der Waals surface area (Å²) in [5, 5.41) is 8.67. The Labute approximate surface area is 315 Å². The Morgan fingerprint density at radius 2 is 1.21 bits per heavy atom. The minimum absolute atomic E-state index is 0.00768. The number of amides is 4. The first-order valence-electron chi connectivity index (χ1n) is 20.5. The van der Waals surface area contributed by atoms with Crippen LogP contribution in [0.25, 0.3) is 0 Å². The zero-order valence-electron chi connectivity index (χ0n) is 33.2. The van der Waals surface area contributed by atoms with Crippen molar-refractivity contribution in [3.8, 4) is 0 Å². The number of ketones is 1. The van der Waals surface area contributed by atoms with Gasteiger partial charge in [-0.05, 0) is 51.4 Å². The van der Waals surface area contributed by atoms with Gasteiger partial charge in [0.1, 0.15) is 17.9 Å². The molecular formula is C40H74N4O8. The summed E-state index contributed by atoms with van der Waals surface area (Å²) >= 11 is 0. The van der Waals surface area contributed by atoms with Gasteiger partial charge in [0, 0.05) is 52.1 Å². The summed E-state index contributed by atoms with van der Waals surface area (Å²) in [7, 11) is 0. The number of hydrogen-bond acceptors (Lipinski definition) is 8. The van der Waals surface area contributed by atoms with Crippen LogP contribution in [0.3, 0.4) is 0 Å². The van der Waals surface area contributed by atoms with Gasteiger partial charge in [-0.3, -0.25) is 19.2 Å². The standard InChI is InChI=1S/C40H74N4O8/c1-5-6-7-8-9-10-11-12-13-14-15-20-38(47)44-25-16-19-36(44)40(49)43-35(32-33(2)3)39(48)42-24-18-27-51-29-31-52-30-28-50-26-17-23-41-37(46)22-21-34(4)45/h33,35-36H,5-32H2,1-4H3,(H,41,46)(H,42,48)(H,43,49). The number of carbonyl (C=O) groups excluding carboxylic acids is 5. The Hall–Kier alpha value is -2.57. The van der Waals surface area contributed by atoms with Crippen molar-refractivity contribution in [2.24, 2.45) is 5.92 Å². The number of likely N-dealkylation sites (tertiary alicyclic amines) is 1. The second kappa shape index (κ2) is 31.9. The van der Waals surface area contributed by atoms with Gasteiger partial charge in [0.05, 0.1) is 26.4 Å². The van der Waals surface area contributed by atoms with E-state index in [0.29, 0.717) is 91.4 Å². The topological polar surface area (TPSA) is 152 Å². The van der Waals surface area contributed by atoms with Crippen molar-refractivity contribution >= 4 is 29.4 Å². The third kappa shape index (κ3) is 25.4. The Morgan fingerprint density at radius 1 is 0.673 bits per heavy atom. The Morgan fingerprint density at radius 3 is 1.77 bits per heavy atom. The summed E-state index contributed by atoms with van der Waals surface area (Å²) in [5.74, 6) is -0.291. The van der Waals surface area contributed by atoms with Crippen LogP contribution in [0.15, 0.2) is 0 Å². The van der Waals surface area contributed by atoms with Crippen molar-refractivity contribution in [1.29, 1.82) is 0 Å². The van der Waals surface area contributed by atoms with Gasteiger partial charge in [-0.1, -0.05) is 85.0 Å². The van der Waals surface area contributed by atoms with Crippen molar-refractivity contribution in [1.82, 2.24) is 20.9 Å². The number of hydrogen-bond donors (Lipinski definition) is 3. The number of unbranched alkanes of at least 4 members (excludes halogenated alkanes) is 10. The van der Waals surface area contributed by atoms with Crippen LogP contribution in [0.5, 0.6) is 0 Å². The molecule has 3 N–H and O–H groups in total. The maximum Gasteiger partial charge on any atom is 0.243 e. The van der Waals surface area contributed by atoms with Gasteiger partial charge in [0.15, 0.2) is 0 Å². The second-order valence-corrected chi connectivity index (χ2v) is 14.6. The number of ether oxygens (including phenoxy) is 3. The zero-order valence-corrected chi connectivity index (χ0v) is 33.2. The van der Waals surface area contributed by atoms with Crippen LogP contribution in [-0.2, 0) is 38.2 Å². The number of Topliss-reactive ketones (excluding diaryl/α,β-unsaturated/α-hetero) is 1. The Balaban J connectivity index is 2.17. The molecule has 0 aliphatic carbocycles. The van der Waals surface area contributed by atoms with Gasteiger partial charge in [0.25, 0.3) is 0 Å². The first kappa shape index (κ1) is 47.5. The highest BCUT2D eigenvalue weighted by atomic mass is 16.5. The average molecular weight is 739 g/mol. The van der Waals surface area contributed by atoms with E-state index in [1.165, 1.54) is 58.3 Å². The van der Waals surface area contributed by atoms with Crippen LogP contribution < -0.4 is 16.0 Å². The molecule has 12 nitrogen and oxygen atoms in total. The molecule has 0 spiro atoms. The van der Waals surface area contributed by atoms with Gasteiger partial charge < -0.3 is 39.9 Å². The molecule has 0 radical (unpaired) electrons. The van der Waals surface area contributed by atoms with Crippen molar-refractivity contribution in [2.45, 2.75) is 162 Å². The summed E-state index contributed by atoms with van der Waals surface area (Å²) in [5.41, 5.74) is 0. The Kier molecular flexibility index (Phi) is 29.1. The molecule has 12 heteroatoms. The average Bonchev–Trinajstić information content (AvgIpc) is 3.61. The minimum atomic E-state index is -0.648. The van der Waals surface area contributed by atoms with Crippen molar-refractivity contribution in [3.63, 3.8) is 0 Å². The van der Waals surface area contributed by atoms with Gasteiger partial charge in [-0.2, -0.15) is 0 Å². The molecule has 302 valence electrons. The lowest BCUT2D eigenvalue weighted by atomic mass is 10.0. The predicted octanol–water partition coefficient (Wildman–Crippen LogP) is 5.64. The van der Waals surface area contributed by atoms with Crippen LogP contribution in [0.1, 0.15) is 150 Å². The molecule has 1 heterocycles. The van der Waals surface area contributed by atoms with E-state index < -0.39 is 12.1 Å². The van der Waals surface area contributed by atoms with Gasteiger partial charge in [0.2, 0.25) is 23.6 Å². The fraction of sp³-hybridized carbons (Fsp3) is 0.875. The molecule has 0 aromatic carbocycles. The molecule has 1 aliphatic heterocycles. The molecule has 0 bridgehead atoms. The summed E-state index contributed by atoms with van der Waals surface area (Å²) in [4.78, 5) is 63.6. The van der Waals surface area contributed by atoms with Gasteiger partial charge in [-0.15, -0.1) is 0 Å². The molecule has 0 aromatic heterocycles. The van der Waals surface area contributed by atoms with E-state index >= 15 is 0 Å². The maximum atomic E-state index is 13.3. The minimum Gasteiger partial charge on any atom is -0.379 e. The lowest BCUT2D eigenvalue weighted by Crippen LogP contribution is -2.53. The van der Waals surface area contributed by atoms with E-state index in [-0.39, 0.29) is 48.2 Å². The summed E-state index contributed by atoms with van der Waals surface area (Å²) in [6, 6.07) is -1.15. The van der Waals surface area contributed by atoms with Crippen molar-refractivity contribution in [2.75, 3.05) is 59.3 Å². The molecule has 4 amide bonds. The molecule has 1 fully saturated rings. The van der Waals surface area contributed by atoms with E-state index in [0.717, 1.165) is 25.7 Å². The van der Waals surface area contributed by atoms with Crippen LogP contribution in [-0.4, -0.2) is 106 Å². The third-order valence-electron chi connectivity index (χ3n) is 9.21. The summed E-state index contributed by atoms with van der Waals surface area (Å²) < 4.78 is 16.6. The van der Waals surface area contributed by atoms with E-state index in [9.17, 15) is 24.0 Å². The van der Waals surface area contributed by atoms with E-state index in [1.807, 2.05) is 13.8 Å². The molecular weight excluding hydrogens is 664 g/mol. The number of nitrogens with one attached hydrogen (secondary N) is 3. The van der Waals surface area contributed by atoms with Crippen LogP contribution in [0, 0.1) is 5.92 Å². The van der Waals surface area contributed by atoms with Crippen molar-refractivity contribution in [3.05, 3.63) is 0 Å². The largest absolute Gasteiger partial charge is 0.379 e. The molecule has 0 saturated carbocycles. The highest BCUT2D eigenvalue weighted by Gasteiger charge is 2.35. The number of rotatable bonds is 34. The lowest BCUT2D eigenvalue weighted by Gasteiger charge is -2.27. The normalized spacial score (nSPS) is 14.8. The van der Waals surface area contributed by atoms with Crippen LogP contribution >= 0.6 is 0 Å². The first-order chi connectivity index (χ1) is 25.1. The highest BCUT2D eigenvalue weighted by Crippen LogP contribution is 2.21. The summed E-state index contributed by atoms with van der Waals surface area (Å²) in [6.45, 7) is 12.1. The number of nitrogens with zero attached hydrogens (tertiary/aromatic N) is 1. The van der Waals surface area contributed by atoms with Crippen molar-refractivity contribution < 1.29 is 38.2 Å². The smallest absolute Gasteiger partial charge is 0.243 e. The number of carbonyl (C=O) groups is 5. The molecule has 1 saturated heterocycles. The fourth-order valence-electron chi connectivity index (χ4n) is 6.22. The SMILES string of the molecule is CCCCCCCCCCCCCC(=O)N1CCCC1C(=O)NC(CC(C)C)C(=O)NCCCOCCOCCOCCCNC(=O)CCC(C)=O. The quantitative estimate of drug-likeness (QED) is 0.0718. The lowest BCUT2D eigenvalue weighted by molar-refractivity contribution is -0.139. The Bertz CT molecular complexity index is 979. The molecule has 1 rings (SSSR count). The second-order valence-electron chi connectivity index (χ2n) is 14.6. The molecule has 52 heavy (non-hydrogen) atoms. The van der Waals surface area contributed by atoms with Gasteiger partial charge >= 0.3 is 0 Å². The van der Waals surface area contributed by atoms with E-state index in [2.05, 4.69) is 22.9 Å². The predicted molar refractivity (Wildman–Crippen MR) is 205 cm³/mol. The zero-order chi connectivity index (χ0) is 38.2. The van der Waals surface area contributed by atoms with E-state index in [1.54, 1.807) is 4.90 Å². The molecule has 1 aliphatic rings. The highest BCUT2D eigenvalue weighted by molar-refractivity contribution is 5.92.